The van der Waals surface area contributed by atoms with Gasteiger partial charge in [-0.1, -0.05) is 31.0 Å². The Morgan fingerprint density at radius 3 is 2.50 bits per heavy atom. The van der Waals surface area contributed by atoms with E-state index in [0.29, 0.717) is 5.69 Å². The Morgan fingerprint density at radius 2 is 1.77 bits per heavy atom. The maximum atomic E-state index is 12.5. The number of hydrogen-bond donors (Lipinski definition) is 1. The van der Waals surface area contributed by atoms with Crippen LogP contribution in [0.2, 0.25) is 0 Å². The van der Waals surface area contributed by atoms with Crippen LogP contribution < -0.4 is 5.32 Å². The van der Waals surface area contributed by atoms with Crippen LogP contribution in [0.25, 0.3) is 10.9 Å². The fraction of sp³-hybridized carbons (Fsp3) is 0.400. The molecule has 1 aromatic heterocycles. The predicted octanol–water partition coefficient (Wildman–Crippen LogP) is 2.74. The van der Waals surface area contributed by atoms with Crippen molar-refractivity contribution in [3.63, 3.8) is 0 Å². The Labute approximate surface area is 151 Å². The van der Waals surface area contributed by atoms with Crippen LogP contribution in [0.15, 0.2) is 36.5 Å². The van der Waals surface area contributed by atoms with Crippen molar-refractivity contribution >= 4 is 34.3 Å². The first-order valence-electron chi connectivity index (χ1n) is 9.14. The Bertz CT molecular complexity index is 850. The molecular weight excluding hydrogens is 330 g/mol. The summed E-state index contributed by atoms with van der Waals surface area (Å²) in [5.74, 6) is -0.750. The van der Waals surface area contributed by atoms with Crippen LogP contribution in [0, 0.1) is 11.8 Å². The van der Waals surface area contributed by atoms with Crippen molar-refractivity contribution in [3.8, 4) is 0 Å². The van der Waals surface area contributed by atoms with Crippen molar-refractivity contribution < 1.29 is 14.4 Å². The SMILES string of the molecule is O=C(CCN1C(=O)C2CCCCC2C1=O)Nc1cccc2cccnc12. The molecule has 2 aromatic rings. The van der Waals surface area contributed by atoms with Gasteiger partial charge >= 0.3 is 0 Å². The average Bonchev–Trinajstić information content (AvgIpc) is 2.91. The molecule has 1 saturated carbocycles. The zero-order valence-electron chi connectivity index (χ0n) is 14.5. The number of para-hydroxylation sites is 1. The second-order valence-electron chi connectivity index (χ2n) is 7.00. The van der Waals surface area contributed by atoms with Gasteiger partial charge in [0.15, 0.2) is 0 Å². The molecule has 26 heavy (non-hydrogen) atoms. The number of carbonyl (C=O) groups excluding carboxylic acids is 3. The van der Waals surface area contributed by atoms with Crippen LogP contribution in [0.1, 0.15) is 32.1 Å². The molecule has 0 spiro atoms. The second-order valence-corrected chi connectivity index (χ2v) is 7.00. The summed E-state index contributed by atoms with van der Waals surface area (Å²) in [6.45, 7) is 0.148. The van der Waals surface area contributed by atoms with Crippen molar-refractivity contribution in [2.75, 3.05) is 11.9 Å². The normalized spacial score (nSPS) is 22.5. The van der Waals surface area contributed by atoms with Gasteiger partial charge in [0.1, 0.15) is 0 Å². The molecule has 2 heterocycles. The van der Waals surface area contributed by atoms with Gasteiger partial charge in [0.2, 0.25) is 17.7 Å². The highest BCUT2D eigenvalue weighted by molar-refractivity contribution is 6.06. The number of carbonyl (C=O) groups is 3. The highest BCUT2D eigenvalue weighted by Crippen LogP contribution is 2.38. The van der Waals surface area contributed by atoms with Crippen molar-refractivity contribution in [3.05, 3.63) is 36.5 Å². The number of likely N-dealkylation sites (tertiary alicyclic amines) is 1. The highest BCUT2D eigenvalue weighted by Gasteiger charge is 2.47. The third kappa shape index (κ3) is 2.96. The van der Waals surface area contributed by atoms with Gasteiger partial charge in [0, 0.05) is 24.5 Å². The highest BCUT2D eigenvalue weighted by atomic mass is 16.2. The first-order chi connectivity index (χ1) is 12.6. The van der Waals surface area contributed by atoms with E-state index in [0.717, 1.165) is 36.6 Å². The van der Waals surface area contributed by atoms with E-state index in [1.54, 1.807) is 12.3 Å². The number of benzene rings is 1. The quantitative estimate of drug-likeness (QED) is 0.859. The van der Waals surface area contributed by atoms with E-state index in [1.165, 1.54) is 4.90 Å². The average molecular weight is 351 g/mol. The number of fused-ring (bicyclic) bond motifs is 2. The zero-order chi connectivity index (χ0) is 18.1. The number of hydrogen-bond acceptors (Lipinski definition) is 4. The zero-order valence-corrected chi connectivity index (χ0v) is 14.5. The molecule has 4 rings (SSSR count). The molecule has 2 unspecified atom stereocenters. The molecule has 1 N–H and O–H groups in total. The van der Waals surface area contributed by atoms with E-state index in [9.17, 15) is 14.4 Å². The molecule has 134 valence electrons. The molecule has 2 atom stereocenters. The summed E-state index contributed by atoms with van der Waals surface area (Å²) in [7, 11) is 0. The number of pyridine rings is 1. The maximum absolute atomic E-state index is 12.5. The number of imide groups is 1. The van der Waals surface area contributed by atoms with Crippen LogP contribution >= 0.6 is 0 Å². The Hall–Kier alpha value is -2.76. The molecule has 1 saturated heterocycles. The summed E-state index contributed by atoms with van der Waals surface area (Å²) >= 11 is 0. The lowest BCUT2D eigenvalue weighted by Crippen LogP contribution is -2.34. The summed E-state index contributed by atoms with van der Waals surface area (Å²) in [5.41, 5.74) is 1.36. The predicted molar refractivity (Wildman–Crippen MR) is 97.2 cm³/mol. The van der Waals surface area contributed by atoms with Gasteiger partial charge < -0.3 is 5.32 Å². The molecule has 0 bridgehead atoms. The molecule has 2 aliphatic rings. The van der Waals surface area contributed by atoms with Gasteiger partial charge in [-0.2, -0.15) is 0 Å². The van der Waals surface area contributed by atoms with E-state index < -0.39 is 0 Å². The molecule has 3 amide bonds. The largest absolute Gasteiger partial charge is 0.324 e. The van der Waals surface area contributed by atoms with E-state index >= 15 is 0 Å². The Morgan fingerprint density at radius 1 is 1.08 bits per heavy atom. The minimum atomic E-state index is -0.223. The standard InChI is InChI=1S/C20H21N3O3/c24-17(22-16-9-3-5-13-6-4-11-21-18(13)16)10-12-23-19(25)14-7-1-2-8-15(14)20(23)26/h3-6,9,11,14-15H,1-2,7-8,10,12H2,(H,22,24). The fourth-order valence-electron chi connectivity index (χ4n) is 4.08. The van der Waals surface area contributed by atoms with Crippen molar-refractivity contribution in [2.24, 2.45) is 11.8 Å². The van der Waals surface area contributed by atoms with Crippen LogP contribution in [-0.2, 0) is 14.4 Å². The molecule has 6 nitrogen and oxygen atoms in total. The number of aromatic nitrogens is 1. The topological polar surface area (TPSA) is 79.4 Å². The summed E-state index contributed by atoms with van der Waals surface area (Å²) < 4.78 is 0. The lowest BCUT2D eigenvalue weighted by Gasteiger charge is -2.19. The van der Waals surface area contributed by atoms with Gasteiger partial charge in [-0.25, -0.2) is 0 Å². The summed E-state index contributed by atoms with van der Waals surface area (Å²) in [6, 6.07) is 9.37. The maximum Gasteiger partial charge on any atom is 0.233 e. The third-order valence-electron chi connectivity index (χ3n) is 5.40. The number of anilines is 1. The number of nitrogens with zero attached hydrogens (tertiary/aromatic N) is 2. The van der Waals surface area contributed by atoms with E-state index in [-0.39, 0.29) is 42.5 Å². The summed E-state index contributed by atoms with van der Waals surface area (Å²) in [5, 5.41) is 3.79. The molecule has 6 heteroatoms. The lowest BCUT2D eigenvalue weighted by atomic mass is 9.81. The van der Waals surface area contributed by atoms with Crippen molar-refractivity contribution in [2.45, 2.75) is 32.1 Å². The van der Waals surface area contributed by atoms with Crippen LogP contribution in [0.5, 0.6) is 0 Å². The first-order valence-corrected chi connectivity index (χ1v) is 9.14. The van der Waals surface area contributed by atoms with E-state index in [4.69, 9.17) is 0 Å². The van der Waals surface area contributed by atoms with Crippen molar-refractivity contribution in [1.29, 1.82) is 0 Å². The van der Waals surface area contributed by atoms with Gasteiger partial charge in [0.05, 0.1) is 23.0 Å². The smallest absolute Gasteiger partial charge is 0.233 e. The van der Waals surface area contributed by atoms with E-state index in [1.807, 2.05) is 24.3 Å². The van der Waals surface area contributed by atoms with E-state index in [2.05, 4.69) is 10.3 Å². The number of amides is 3. The number of rotatable bonds is 4. The molecular formula is C20H21N3O3. The third-order valence-corrected chi connectivity index (χ3v) is 5.40. The van der Waals surface area contributed by atoms with Crippen LogP contribution in [0.4, 0.5) is 5.69 Å². The van der Waals surface area contributed by atoms with Gasteiger partial charge in [-0.3, -0.25) is 24.3 Å². The van der Waals surface area contributed by atoms with Crippen molar-refractivity contribution in [1.82, 2.24) is 9.88 Å². The molecule has 1 aliphatic heterocycles. The number of nitrogens with one attached hydrogen (secondary N) is 1. The van der Waals surface area contributed by atoms with Gasteiger partial charge in [-0.05, 0) is 25.0 Å². The lowest BCUT2D eigenvalue weighted by molar-refractivity contribution is -0.140. The monoisotopic (exact) mass is 351 g/mol. The minimum Gasteiger partial charge on any atom is -0.324 e. The van der Waals surface area contributed by atoms with Crippen LogP contribution in [-0.4, -0.2) is 34.2 Å². The molecule has 1 aromatic carbocycles. The van der Waals surface area contributed by atoms with Crippen LogP contribution in [0.3, 0.4) is 0 Å². The second kappa shape index (κ2) is 6.86. The van der Waals surface area contributed by atoms with Gasteiger partial charge in [0.25, 0.3) is 0 Å². The summed E-state index contributed by atoms with van der Waals surface area (Å²) in [6.07, 6.45) is 5.37. The fourth-order valence-corrected chi connectivity index (χ4v) is 4.08. The Kier molecular flexibility index (Phi) is 4.41. The molecule has 1 aliphatic carbocycles. The molecule has 0 radical (unpaired) electrons. The van der Waals surface area contributed by atoms with Gasteiger partial charge in [-0.15, -0.1) is 0 Å². The summed E-state index contributed by atoms with van der Waals surface area (Å²) in [4.78, 5) is 42.9. The first kappa shape index (κ1) is 16.7. The minimum absolute atomic E-state index is 0.0974. The Balaban J connectivity index is 1.41. The molecule has 2 fully saturated rings.